The van der Waals surface area contributed by atoms with Crippen LogP contribution < -0.4 is 15.6 Å². The summed E-state index contributed by atoms with van der Waals surface area (Å²) in [6.07, 6.45) is 2.43. The fourth-order valence-electron chi connectivity index (χ4n) is 1.48. The van der Waals surface area contributed by atoms with Crippen molar-refractivity contribution in [3.8, 4) is 5.75 Å². The van der Waals surface area contributed by atoms with E-state index in [-0.39, 0.29) is 5.56 Å². The maximum absolute atomic E-state index is 11.0. The molecule has 0 fully saturated rings. The first-order chi connectivity index (χ1) is 8.84. The zero-order chi connectivity index (χ0) is 12.6. The molecule has 1 heterocycles. The topological polar surface area (TPSA) is 67.0 Å². The van der Waals surface area contributed by atoms with Crippen molar-refractivity contribution in [1.29, 1.82) is 0 Å². The van der Waals surface area contributed by atoms with E-state index in [0.29, 0.717) is 6.61 Å². The predicted molar refractivity (Wildman–Crippen MR) is 69.9 cm³/mol. The van der Waals surface area contributed by atoms with Gasteiger partial charge in [-0.15, -0.1) is 0 Å². The monoisotopic (exact) mass is 245 g/mol. The van der Waals surface area contributed by atoms with Crippen molar-refractivity contribution in [2.75, 3.05) is 18.5 Å². The number of rotatable bonds is 6. The Bertz CT molecular complexity index is 525. The van der Waals surface area contributed by atoms with Crippen LogP contribution in [-0.2, 0) is 0 Å². The lowest BCUT2D eigenvalue weighted by Crippen LogP contribution is -2.11. The first-order valence-corrected chi connectivity index (χ1v) is 5.81. The molecular weight excluding hydrogens is 230 g/mol. The van der Waals surface area contributed by atoms with Crippen molar-refractivity contribution in [3.63, 3.8) is 0 Å². The molecule has 0 aliphatic heterocycles. The van der Waals surface area contributed by atoms with Gasteiger partial charge in [-0.25, -0.2) is 5.10 Å². The largest absolute Gasteiger partial charge is 0.494 e. The fraction of sp³-hybridized carbons (Fsp3) is 0.231. The van der Waals surface area contributed by atoms with E-state index in [2.05, 4.69) is 15.5 Å². The van der Waals surface area contributed by atoms with E-state index in [4.69, 9.17) is 4.74 Å². The number of nitrogens with zero attached hydrogens (tertiary/aromatic N) is 1. The zero-order valence-corrected chi connectivity index (χ0v) is 9.93. The summed E-state index contributed by atoms with van der Waals surface area (Å²) in [4.78, 5) is 11.0. The fourth-order valence-corrected chi connectivity index (χ4v) is 1.48. The summed E-state index contributed by atoms with van der Waals surface area (Å²) in [7, 11) is 0. The summed E-state index contributed by atoms with van der Waals surface area (Å²) in [5.74, 6) is 0.871. The third kappa shape index (κ3) is 3.93. The Labute approximate surface area is 105 Å². The van der Waals surface area contributed by atoms with E-state index in [9.17, 15) is 4.79 Å². The summed E-state index contributed by atoms with van der Waals surface area (Å²) >= 11 is 0. The molecule has 2 N–H and O–H groups in total. The summed E-state index contributed by atoms with van der Waals surface area (Å²) in [5.41, 5.74) is 0.513. The van der Waals surface area contributed by atoms with Gasteiger partial charge in [-0.1, -0.05) is 18.2 Å². The molecule has 0 saturated carbocycles. The lowest BCUT2D eigenvalue weighted by molar-refractivity contribution is 0.315. The number of para-hydroxylation sites is 1. The molecule has 5 heteroatoms. The molecule has 1 aromatic carbocycles. The van der Waals surface area contributed by atoms with Gasteiger partial charge >= 0.3 is 0 Å². The first-order valence-electron chi connectivity index (χ1n) is 5.81. The van der Waals surface area contributed by atoms with Crippen LogP contribution in [0.4, 0.5) is 5.69 Å². The van der Waals surface area contributed by atoms with Gasteiger partial charge in [0.15, 0.2) is 0 Å². The average Bonchev–Trinajstić information content (AvgIpc) is 2.40. The van der Waals surface area contributed by atoms with Crippen LogP contribution in [0.2, 0.25) is 0 Å². The minimum Gasteiger partial charge on any atom is -0.494 e. The van der Waals surface area contributed by atoms with Gasteiger partial charge in [0.1, 0.15) is 5.75 Å². The Kier molecular flexibility index (Phi) is 4.35. The van der Waals surface area contributed by atoms with E-state index in [1.165, 1.54) is 6.07 Å². The molecular formula is C13H15N3O2. The van der Waals surface area contributed by atoms with E-state index >= 15 is 0 Å². The Hall–Kier alpha value is -2.30. The first kappa shape index (κ1) is 12.2. The number of H-pyrrole nitrogens is 1. The maximum atomic E-state index is 11.0. The summed E-state index contributed by atoms with van der Waals surface area (Å²) in [6, 6.07) is 11.2. The lowest BCUT2D eigenvalue weighted by Gasteiger charge is -2.07. The second kappa shape index (κ2) is 6.44. The minimum absolute atomic E-state index is 0.208. The molecule has 0 bridgehead atoms. The molecule has 2 rings (SSSR count). The van der Waals surface area contributed by atoms with Crippen LogP contribution in [0, 0.1) is 0 Å². The van der Waals surface area contributed by atoms with Crippen LogP contribution in [0.15, 0.2) is 47.4 Å². The third-order valence-corrected chi connectivity index (χ3v) is 2.33. The molecule has 0 saturated heterocycles. The molecule has 0 spiro atoms. The molecule has 18 heavy (non-hydrogen) atoms. The zero-order valence-electron chi connectivity index (χ0n) is 9.93. The number of aromatic nitrogens is 2. The minimum atomic E-state index is -0.208. The van der Waals surface area contributed by atoms with Crippen molar-refractivity contribution in [3.05, 3.63) is 52.9 Å². The number of benzene rings is 1. The predicted octanol–water partition coefficient (Wildman–Crippen LogP) is 1.65. The van der Waals surface area contributed by atoms with Crippen LogP contribution in [0.25, 0.3) is 0 Å². The number of hydrogen-bond donors (Lipinski definition) is 2. The average molecular weight is 245 g/mol. The number of ether oxygens (including phenoxy) is 1. The van der Waals surface area contributed by atoms with E-state index in [0.717, 1.165) is 24.4 Å². The van der Waals surface area contributed by atoms with Crippen molar-refractivity contribution < 1.29 is 4.74 Å². The van der Waals surface area contributed by atoms with Crippen LogP contribution >= 0.6 is 0 Å². The van der Waals surface area contributed by atoms with Gasteiger partial charge in [0.2, 0.25) is 0 Å². The van der Waals surface area contributed by atoms with Gasteiger partial charge in [0, 0.05) is 12.6 Å². The van der Waals surface area contributed by atoms with Crippen LogP contribution in [0.1, 0.15) is 6.42 Å². The molecule has 5 nitrogen and oxygen atoms in total. The molecule has 0 aliphatic carbocycles. The molecule has 0 amide bonds. The summed E-state index contributed by atoms with van der Waals surface area (Å²) in [5, 5.41) is 9.13. The SMILES string of the molecule is O=c1cc(NCCCOc2ccccc2)cn[nH]1. The number of nitrogens with one attached hydrogen (secondary N) is 2. The molecule has 0 atom stereocenters. The molecule has 2 aromatic rings. The summed E-state index contributed by atoms with van der Waals surface area (Å²) < 4.78 is 5.54. The van der Waals surface area contributed by atoms with E-state index in [1.807, 2.05) is 30.3 Å². The normalized spacial score (nSPS) is 10.0. The Morgan fingerprint density at radius 3 is 2.89 bits per heavy atom. The van der Waals surface area contributed by atoms with Crippen LogP contribution in [-0.4, -0.2) is 23.3 Å². The second-order valence-corrected chi connectivity index (χ2v) is 3.78. The molecule has 0 unspecified atom stereocenters. The third-order valence-electron chi connectivity index (χ3n) is 2.33. The van der Waals surface area contributed by atoms with E-state index < -0.39 is 0 Å². The van der Waals surface area contributed by atoms with Crippen LogP contribution in [0.3, 0.4) is 0 Å². The highest BCUT2D eigenvalue weighted by Crippen LogP contribution is 2.08. The van der Waals surface area contributed by atoms with Crippen molar-refractivity contribution in [2.45, 2.75) is 6.42 Å². The lowest BCUT2D eigenvalue weighted by atomic mass is 10.3. The number of anilines is 1. The Morgan fingerprint density at radius 2 is 2.11 bits per heavy atom. The Balaban J connectivity index is 1.66. The van der Waals surface area contributed by atoms with E-state index in [1.54, 1.807) is 6.20 Å². The van der Waals surface area contributed by atoms with Gasteiger partial charge in [0.25, 0.3) is 5.56 Å². The Morgan fingerprint density at radius 1 is 1.28 bits per heavy atom. The van der Waals surface area contributed by atoms with Gasteiger partial charge in [-0.05, 0) is 18.6 Å². The van der Waals surface area contributed by atoms with Gasteiger partial charge in [-0.2, -0.15) is 5.10 Å². The number of hydrogen-bond acceptors (Lipinski definition) is 4. The van der Waals surface area contributed by atoms with Gasteiger partial charge in [-0.3, -0.25) is 4.79 Å². The van der Waals surface area contributed by atoms with Crippen molar-refractivity contribution in [1.82, 2.24) is 10.2 Å². The quantitative estimate of drug-likeness (QED) is 0.759. The molecule has 1 aromatic heterocycles. The maximum Gasteiger partial charge on any atom is 0.266 e. The highest BCUT2D eigenvalue weighted by atomic mass is 16.5. The van der Waals surface area contributed by atoms with Gasteiger partial charge < -0.3 is 10.1 Å². The van der Waals surface area contributed by atoms with Crippen molar-refractivity contribution >= 4 is 5.69 Å². The molecule has 0 radical (unpaired) electrons. The second-order valence-electron chi connectivity index (χ2n) is 3.78. The highest BCUT2D eigenvalue weighted by Gasteiger charge is 1.94. The van der Waals surface area contributed by atoms with Crippen molar-refractivity contribution in [2.24, 2.45) is 0 Å². The summed E-state index contributed by atoms with van der Waals surface area (Å²) in [6.45, 7) is 1.37. The standard InChI is InChI=1S/C13H15N3O2/c17-13-9-11(10-15-16-13)14-7-4-8-18-12-5-2-1-3-6-12/h1-3,5-6,9-10H,4,7-8H2,(H2,14,16,17). The molecule has 0 aliphatic rings. The van der Waals surface area contributed by atoms with Gasteiger partial charge in [0.05, 0.1) is 18.5 Å². The van der Waals surface area contributed by atoms with Crippen LogP contribution in [0.5, 0.6) is 5.75 Å². The smallest absolute Gasteiger partial charge is 0.266 e. The number of aromatic amines is 1. The highest BCUT2D eigenvalue weighted by molar-refractivity contribution is 5.38. The molecule has 94 valence electrons.